The molecule has 3 N–H and O–H groups in total. The Morgan fingerprint density at radius 3 is 2.60 bits per heavy atom. The second-order valence-electron chi connectivity index (χ2n) is 4.42. The molecule has 0 spiro atoms. The van der Waals surface area contributed by atoms with E-state index in [1.165, 1.54) is 11.0 Å². The van der Waals surface area contributed by atoms with Gasteiger partial charge in [0.15, 0.2) is 5.03 Å². The van der Waals surface area contributed by atoms with Gasteiger partial charge >= 0.3 is 5.97 Å². The molecule has 9 heteroatoms. The Hall–Kier alpha value is -2.00. The van der Waals surface area contributed by atoms with Gasteiger partial charge in [0.05, 0.1) is 5.56 Å². The Kier molecular flexibility index (Phi) is 3.73. The fourth-order valence-corrected chi connectivity index (χ4v) is 2.56. The normalized spacial score (nSPS) is 19.1. The van der Waals surface area contributed by atoms with Crippen LogP contribution in [0.5, 0.6) is 0 Å². The predicted octanol–water partition coefficient (Wildman–Crippen LogP) is -0.582. The average Bonchev–Trinajstić information content (AvgIpc) is 2.86. The first-order valence-corrected chi connectivity index (χ1v) is 7.38. The molecule has 0 unspecified atom stereocenters. The Bertz CT molecular complexity index is 641. The van der Waals surface area contributed by atoms with Crippen molar-refractivity contribution in [3.05, 3.63) is 23.9 Å². The molecule has 1 aromatic heterocycles. The molecule has 20 heavy (non-hydrogen) atoms. The zero-order valence-corrected chi connectivity index (χ0v) is 11.2. The lowest BCUT2D eigenvalue weighted by Gasteiger charge is -2.21. The van der Waals surface area contributed by atoms with E-state index in [0.29, 0.717) is 19.4 Å². The van der Waals surface area contributed by atoms with Crippen molar-refractivity contribution in [1.82, 2.24) is 9.88 Å². The summed E-state index contributed by atoms with van der Waals surface area (Å²) < 4.78 is 22.1. The summed E-state index contributed by atoms with van der Waals surface area (Å²) in [6.07, 6.45) is 2.11. The summed E-state index contributed by atoms with van der Waals surface area (Å²) in [5.41, 5.74) is 0.130. The highest BCUT2D eigenvalue weighted by atomic mass is 32.2. The van der Waals surface area contributed by atoms with Crippen molar-refractivity contribution < 1.29 is 23.1 Å². The lowest BCUT2D eigenvalue weighted by Crippen LogP contribution is -2.40. The number of primary sulfonamides is 1. The number of likely N-dealkylation sites (tertiary alicyclic amines) is 1. The molecule has 0 radical (unpaired) electrons. The molecule has 1 fully saturated rings. The smallest absolute Gasteiger partial charge is 0.326 e. The second-order valence-corrected chi connectivity index (χ2v) is 5.93. The van der Waals surface area contributed by atoms with Crippen LogP contribution < -0.4 is 5.14 Å². The maximum Gasteiger partial charge on any atom is 0.326 e. The van der Waals surface area contributed by atoms with Gasteiger partial charge in [0.25, 0.3) is 15.9 Å². The molecule has 0 aliphatic carbocycles. The van der Waals surface area contributed by atoms with E-state index in [1.54, 1.807) is 0 Å². The number of hydrogen-bond donors (Lipinski definition) is 2. The highest BCUT2D eigenvalue weighted by Crippen LogP contribution is 2.20. The lowest BCUT2D eigenvalue weighted by atomic mass is 10.2. The predicted molar refractivity (Wildman–Crippen MR) is 67.3 cm³/mol. The quantitative estimate of drug-likeness (QED) is 0.767. The number of aromatic nitrogens is 1. The average molecular weight is 299 g/mol. The molecule has 1 saturated heterocycles. The van der Waals surface area contributed by atoms with Gasteiger partial charge in [0, 0.05) is 12.7 Å². The number of carboxylic acids is 1. The van der Waals surface area contributed by atoms with E-state index in [2.05, 4.69) is 4.98 Å². The fourth-order valence-electron chi connectivity index (χ4n) is 2.11. The van der Waals surface area contributed by atoms with Gasteiger partial charge in [-0.05, 0) is 25.0 Å². The summed E-state index contributed by atoms with van der Waals surface area (Å²) in [5, 5.41) is 13.6. The molecule has 1 aliphatic rings. The number of nitrogens with two attached hydrogens (primary N) is 1. The van der Waals surface area contributed by atoms with Crippen LogP contribution in [-0.4, -0.2) is 47.9 Å². The van der Waals surface area contributed by atoms with Gasteiger partial charge in [0.2, 0.25) is 0 Å². The molecular weight excluding hydrogens is 286 g/mol. The summed E-state index contributed by atoms with van der Waals surface area (Å²) in [7, 11) is -3.92. The molecule has 0 bridgehead atoms. The number of pyridine rings is 1. The monoisotopic (exact) mass is 299 g/mol. The van der Waals surface area contributed by atoms with Crippen molar-refractivity contribution in [2.24, 2.45) is 5.14 Å². The van der Waals surface area contributed by atoms with Crippen LogP contribution in [0, 0.1) is 0 Å². The topological polar surface area (TPSA) is 131 Å². The number of hydrogen-bond acceptors (Lipinski definition) is 5. The van der Waals surface area contributed by atoms with E-state index in [9.17, 15) is 18.0 Å². The number of carbonyl (C=O) groups is 2. The Labute approximate surface area is 115 Å². The Balaban J connectivity index is 2.24. The van der Waals surface area contributed by atoms with Gasteiger partial charge in [0.1, 0.15) is 6.04 Å². The minimum absolute atomic E-state index is 0.130. The number of nitrogens with zero attached hydrogens (tertiary/aromatic N) is 2. The van der Waals surface area contributed by atoms with E-state index < -0.39 is 27.9 Å². The maximum atomic E-state index is 12.2. The molecule has 0 aromatic carbocycles. The van der Waals surface area contributed by atoms with Crippen LogP contribution in [0.15, 0.2) is 23.4 Å². The Morgan fingerprint density at radius 1 is 1.40 bits per heavy atom. The molecular formula is C11H13N3O5S. The minimum Gasteiger partial charge on any atom is -0.480 e. The van der Waals surface area contributed by atoms with Crippen molar-refractivity contribution in [2.75, 3.05) is 6.54 Å². The van der Waals surface area contributed by atoms with Crippen molar-refractivity contribution in [3.8, 4) is 0 Å². The van der Waals surface area contributed by atoms with Crippen molar-refractivity contribution >= 4 is 21.9 Å². The third-order valence-corrected chi connectivity index (χ3v) is 3.90. The molecule has 1 atom stereocenters. The molecule has 108 valence electrons. The van der Waals surface area contributed by atoms with Crippen molar-refractivity contribution in [3.63, 3.8) is 0 Å². The number of rotatable bonds is 3. The molecule has 2 heterocycles. The zero-order chi connectivity index (χ0) is 14.9. The SMILES string of the molecule is NS(=O)(=O)c1ccc(C(=O)N2CCC[C@@H]2C(=O)O)cn1. The molecule has 0 saturated carbocycles. The van der Waals surface area contributed by atoms with E-state index >= 15 is 0 Å². The first kappa shape index (κ1) is 14.4. The summed E-state index contributed by atoms with van der Waals surface area (Å²) in [4.78, 5) is 28.0. The highest BCUT2D eigenvalue weighted by molar-refractivity contribution is 7.89. The van der Waals surface area contributed by atoms with E-state index in [1.807, 2.05) is 0 Å². The molecule has 1 aliphatic heterocycles. The molecule has 2 rings (SSSR count). The zero-order valence-electron chi connectivity index (χ0n) is 10.4. The van der Waals surface area contributed by atoms with Crippen molar-refractivity contribution in [1.29, 1.82) is 0 Å². The first-order valence-electron chi connectivity index (χ1n) is 5.83. The van der Waals surface area contributed by atoms with E-state index in [4.69, 9.17) is 10.2 Å². The summed E-state index contributed by atoms with van der Waals surface area (Å²) in [6.45, 7) is 0.354. The summed E-state index contributed by atoms with van der Waals surface area (Å²) >= 11 is 0. The molecule has 1 amide bonds. The minimum atomic E-state index is -3.92. The number of aliphatic carboxylic acids is 1. The van der Waals surface area contributed by atoms with Gasteiger partial charge in [-0.15, -0.1) is 0 Å². The van der Waals surface area contributed by atoms with Gasteiger partial charge in [-0.1, -0.05) is 0 Å². The number of amides is 1. The van der Waals surface area contributed by atoms with Gasteiger partial charge in [-0.25, -0.2) is 23.3 Å². The van der Waals surface area contributed by atoms with Crippen LogP contribution in [0.4, 0.5) is 0 Å². The highest BCUT2D eigenvalue weighted by Gasteiger charge is 2.34. The summed E-state index contributed by atoms with van der Waals surface area (Å²) in [5.74, 6) is -1.53. The van der Waals surface area contributed by atoms with Gasteiger partial charge in [-0.2, -0.15) is 0 Å². The van der Waals surface area contributed by atoms with Crippen LogP contribution in [0.3, 0.4) is 0 Å². The maximum absolute atomic E-state index is 12.2. The van der Waals surface area contributed by atoms with Crippen LogP contribution in [-0.2, 0) is 14.8 Å². The number of carbonyl (C=O) groups excluding carboxylic acids is 1. The van der Waals surface area contributed by atoms with Gasteiger partial charge < -0.3 is 10.0 Å². The van der Waals surface area contributed by atoms with Crippen LogP contribution in [0.2, 0.25) is 0 Å². The summed E-state index contributed by atoms with van der Waals surface area (Å²) in [6, 6.07) is 1.54. The van der Waals surface area contributed by atoms with E-state index in [0.717, 1.165) is 12.3 Å². The van der Waals surface area contributed by atoms with Crippen LogP contribution in [0.1, 0.15) is 23.2 Å². The van der Waals surface area contributed by atoms with Gasteiger partial charge in [-0.3, -0.25) is 4.79 Å². The van der Waals surface area contributed by atoms with Crippen LogP contribution >= 0.6 is 0 Å². The molecule has 1 aromatic rings. The Morgan fingerprint density at radius 2 is 2.10 bits per heavy atom. The second kappa shape index (κ2) is 5.17. The number of sulfonamides is 1. The number of carboxylic acid groups (broad SMARTS) is 1. The third-order valence-electron chi connectivity index (χ3n) is 3.07. The lowest BCUT2D eigenvalue weighted by molar-refractivity contribution is -0.141. The van der Waals surface area contributed by atoms with E-state index in [-0.39, 0.29) is 10.6 Å². The molecule has 8 nitrogen and oxygen atoms in total. The largest absolute Gasteiger partial charge is 0.480 e. The van der Waals surface area contributed by atoms with Crippen LogP contribution in [0.25, 0.3) is 0 Å². The fraction of sp³-hybridized carbons (Fsp3) is 0.364. The van der Waals surface area contributed by atoms with Crippen molar-refractivity contribution in [2.45, 2.75) is 23.9 Å². The first-order chi connectivity index (χ1) is 9.30. The third kappa shape index (κ3) is 2.78. The standard InChI is InChI=1S/C11H13N3O5S/c12-20(18,19)9-4-3-7(6-13-9)10(15)14-5-1-2-8(14)11(16)17/h3-4,6,8H,1-2,5H2,(H,16,17)(H2,12,18,19)/t8-/m1/s1.